The van der Waals surface area contributed by atoms with E-state index in [1.165, 1.54) is 16.7 Å². The first-order chi connectivity index (χ1) is 7.95. The molecule has 0 fully saturated rings. The van der Waals surface area contributed by atoms with Crippen LogP contribution in [0.5, 0.6) is 0 Å². The number of hydrogen-bond donors (Lipinski definition) is 1. The van der Waals surface area contributed by atoms with Crippen LogP contribution >= 0.6 is 0 Å². The Morgan fingerprint density at radius 3 is 2.24 bits per heavy atom. The zero-order chi connectivity index (χ0) is 12.9. The van der Waals surface area contributed by atoms with Crippen molar-refractivity contribution >= 4 is 5.57 Å². The highest BCUT2D eigenvalue weighted by molar-refractivity contribution is 5.63. The summed E-state index contributed by atoms with van der Waals surface area (Å²) in [7, 11) is 1.99. The maximum atomic E-state index is 3.16. The maximum absolute atomic E-state index is 3.16. The molecule has 1 aromatic rings. The van der Waals surface area contributed by atoms with Gasteiger partial charge in [-0.3, -0.25) is 0 Å². The smallest absolute Gasteiger partial charge is 0.00171 e. The van der Waals surface area contributed by atoms with Crippen LogP contribution in [0.4, 0.5) is 0 Å². The van der Waals surface area contributed by atoms with Crippen molar-refractivity contribution in [2.75, 3.05) is 13.6 Å². The molecule has 0 aliphatic carbocycles. The van der Waals surface area contributed by atoms with Crippen LogP contribution in [0.2, 0.25) is 0 Å². The Bertz CT molecular complexity index is 366. The zero-order valence-corrected chi connectivity index (χ0v) is 11.8. The Labute approximate surface area is 106 Å². The molecule has 0 radical (unpaired) electrons. The molecule has 1 aromatic carbocycles. The largest absolute Gasteiger partial charge is 0.319 e. The van der Waals surface area contributed by atoms with Gasteiger partial charge in [-0.25, -0.2) is 0 Å². The fraction of sp³-hybridized carbons (Fsp3) is 0.500. The lowest BCUT2D eigenvalue weighted by molar-refractivity contribution is 0.590. The third-order valence-electron chi connectivity index (χ3n) is 3.05. The summed E-state index contributed by atoms with van der Waals surface area (Å²) < 4.78 is 0. The van der Waals surface area contributed by atoms with Gasteiger partial charge in [0.15, 0.2) is 0 Å². The van der Waals surface area contributed by atoms with Crippen molar-refractivity contribution < 1.29 is 0 Å². The molecule has 0 saturated heterocycles. The lowest BCUT2D eigenvalue weighted by Gasteiger charge is -2.19. The van der Waals surface area contributed by atoms with Crippen molar-refractivity contribution in [3.05, 3.63) is 41.5 Å². The molecular formula is C16H25N. The van der Waals surface area contributed by atoms with E-state index in [2.05, 4.69) is 63.4 Å². The SMILES string of the molecule is CNCCC=C(C)c1ccc(C(C)(C)C)cc1. The average molecular weight is 231 g/mol. The topological polar surface area (TPSA) is 12.0 Å². The fourth-order valence-corrected chi connectivity index (χ4v) is 1.78. The minimum absolute atomic E-state index is 0.238. The minimum atomic E-state index is 0.238. The summed E-state index contributed by atoms with van der Waals surface area (Å²) in [6.07, 6.45) is 3.38. The molecule has 0 saturated carbocycles. The monoisotopic (exact) mass is 231 g/mol. The molecule has 94 valence electrons. The Morgan fingerprint density at radius 1 is 1.18 bits per heavy atom. The van der Waals surface area contributed by atoms with Crippen LogP contribution in [0.15, 0.2) is 30.3 Å². The van der Waals surface area contributed by atoms with Crippen molar-refractivity contribution in [2.45, 2.75) is 39.5 Å². The highest BCUT2D eigenvalue weighted by Gasteiger charge is 2.12. The van der Waals surface area contributed by atoms with Crippen molar-refractivity contribution in [1.82, 2.24) is 5.32 Å². The van der Waals surface area contributed by atoms with Gasteiger partial charge in [-0.05, 0) is 49.1 Å². The van der Waals surface area contributed by atoms with Gasteiger partial charge in [-0.1, -0.05) is 51.1 Å². The zero-order valence-electron chi connectivity index (χ0n) is 11.8. The number of rotatable bonds is 4. The van der Waals surface area contributed by atoms with E-state index in [0.29, 0.717) is 0 Å². The molecule has 17 heavy (non-hydrogen) atoms. The van der Waals surface area contributed by atoms with Gasteiger partial charge in [0, 0.05) is 0 Å². The van der Waals surface area contributed by atoms with E-state index in [1.807, 2.05) is 7.05 Å². The molecule has 0 unspecified atom stereocenters. The maximum Gasteiger partial charge on any atom is -0.00171 e. The van der Waals surface area contributed by atoms with E-state index in [9.17, 15) is 0 Å². The van der Waals surface area contributed by atoms with Crippen LogP contribution in [0, 0.1) is 0 Å². The summed E-state index contributed by atoms with van der Waals surface area (Å²) in [6.45, 7) is 9.96. The van der Waals surface area contributed by atoms with Crippen molar-refractivity contribution in [2.24, 2.45) is 0 Å². The van der Waals surface area contributed by atoms with Gasteiger partial charge in [-0.15, -0.1) is 0 Å². The van der Waals surface area contributed by atoms with Crippen LogP contribution in [-0.4, -0.2) is 13.6 Å². The lowest BCUT2D eigenvalue weighted by Crippen LogP contribution is -2.10. The molecule has 0 amide bonds. The van der Waals surface area contributed by atoms with E-state index >= 15 is 0 Å². The van der Waals surface area contributed by atoms with Crippen LogP contribution in [-0.2, 0) is 5.41 Å². The molecule has 0 spiro atoms. The average Bonchev–Trinajstić information content (AvgIpc) is 2.28. The first kappa shape index (κ1) is 14.0. The van der Waals surface area contributed by atoms with Gasteiger partial charge in [0.05, 0.1) is 0 Å². The van der Waals surface area contributed by atoms with Gasteiger partial charge in [0.2, 0.25) is 0 Å². The molecule has 0 aliphatic rings. The van der Waals surface area contributed by atoms with Gasteiger partial charge >= 0.3 is 0 Å². The molecule has 1 rings (SSSR count). The fourth-order valence-electron chi connectivity index (χ4n) is 1.78. The van der Waals surface area contributed by atoms with Gasteiger partial charge in [0.1, 0.15) is 0 Å². The van der Waals surface area contributed by atoms with Crippen molar-refractivity contribution in [3.8, 4) is 0 Å². The summed E-state index contributed by atoms with van der Waals surface area (Å²) >= 11 is 0. The summed E-state index contributed by atoms with van der Waals surface area (Å²) in [5.41, 5.74) is 4.32. The van der Waals surface area contributed by atoms with Gasteiger partial charge in [-0.2, -0.15) is 0 Å². The number of nitrogens with one attached hydrogen (secondary N) is 1. The second-order valence-corrected chi connectivity index (χ2v) is 5.61. The standard InChI is InChI=1S/C16H25N/c1-13(7-6-12-17-5)14-8-10-15(11-9-14)16(2,3)4/h7-11,17H,6,12H2,1-5H3. The molecule has 1 nitrogen and oxygen atoms in total. The van der Waals surface area contributed by atoms with Crippen molar-refractivity contribution in [1.29, 1.82) is 0 Å². The van der Waals surface area contributed by atoms with E-state index in [1.54, 1.807) is 0 Å². The van der Waals surface area contributed by atoms with Gasteiger partial charge in [0.25, 0.3) is 0 Å². The Kier molecular flexibility index (Phi) is 4.95. The van der Waals surface area contributed by atoms with Crippen LogP contribution in [0.3, 0.4) is 0 Å². The number of allylic oxidation sites excluding steroid dienone is 1. The van der Waals surface area contributed by atoms with E-state index in [4.69, 9.17) is 0 Å². The van der Waals surface area contributed by atoms with E-state index < -0.39 is 0 Å². The van der Waals surface area contributed by atoms with E-state index in [-0.39, 0.29) is 5.41 Å². The Hall–Kier alpha value is -1.08. The molecule has 1 heteroatoms. The van der Waals surface area contributed by atoms with Crippen molar-refractivity contribution in [3.63, 3.8) is 0 Å². The highest BCUT2D eigenvalue weighted by atomic mass is 14.8. The Morgan fingerprint density at radius 2 is 1.76 bits per heavy atom. The third kappa shape index (κ3) is 4.35. The first-order valence-electron chi connectivity index (χ1n) is 6.37. The highest BCUT2D eigenvalue weighted by Crippen LogP contribution is 2.24. The minimum Gasteiger partial charge on any atom is -0.319 e. The Balaban J connectivity index is 2.77. The number of hydrogen-bond acceptors (Lipinski definition) is 1. The molecule has 1 N–H and O–H groups in total. The third-order valence-corrected chi connectivity index (χ3v) is 3.05. The molecular weight excluding hydrogens is 206 g/mol. The molecule has 0 atom stereocenters. The second-order valence-electron chi connectivity index (χ2n) is 5.61. The van der Waals surface area contributed by atoms with Gasteiger partial charge < -0.3 is 5.32 Å². The van der Waals surface area contributed by atoms with Crippen LogP contribution in [0.25, 0.3) is 5.57 Å². The normalized spacial score (nSPS) is 12.9. The molecule has 0 aromatic heterocycles. The molecule has 0 bridgehead atoms. The van der Waals surface area contributed by atoms with E-state index in [0.717, 1.165) is 13.0 Å². The number of benzene rings is 1. The predicted molar refractivity (Wildman–Crippen MR) is 77.3 cm³/mol. The lowest BCUT2D eigenvalue weighted by atomic mass is 9.86. The van der Waals surface area contributed by atoms with Crippen LogP contribution < -0.4 is 5.32 Å². The molecule has 0 aliphatic heterocycles. The predicted octanol–water partition coefficient (Wildman–Crippen LogP) is 4.00. The van der Waals surface area contributed by atoms with Crippen LogP contribution in [0.1, 0.15) is 45.2 Å². The first-order valence-corrected chi connectivity index (χ1v) is 6.37. The molecule has 0 heterocycles. The quantitative estimate of drug-likeness (QED) is 0.772. The summed E-state index contributed by atoms with van der Waals surface area (Å²) in [5, 5.41) is 3.16. The summed E-state index contributed by atoms with van der Waals surface area (Å²) in [4.78, 5) is 0. The summed E-state index contributed by atoms with van der Waals surface area (Å²) in [5.74, 6) is 0. The summed E-state index contributed by atoms with van der Waals surface area (Å²) in [6, 6.07) is 8.94. The second kappa shape index (κ2) is 6.02.